The summed E-state index contributed by atoms with van der Waals surface area (Å²) >= 11 is 1.93. The Morgan fingerprint density at radius 2 is 1.44 bits per heavy atom. The van der Waals surface area contributed by atoms with Crippen molar-refractivity contribution in [2.24, 2.45) is 0 Å². The van der Waals surface area contributed by atoms with Crippen LogP contribution in [0.1, 0.15) is 23.6 Å². The molecule has 1 atom stereocenters. The van der Waals surface area contributed by atoms with Crippen LogP contribution in [0, 0.1) is 0 Å². The predicted octanol–water partition coefficient (Wildman–Crippen LogP) is 9.32. The first-order chi connectivity index (χ1) is 16.9. The highest BCUT2D eigenvalue weighted by Gasteiger charge is 2.25. The molecule has 0 radical (unpaired) electrons. The van der Waals surface area contributed by atoms with Crippen LogP contribution in [0.3, 0.4) is 0 Å². The second-order valence-corrected chi connectivity index (χ2v) is 10.4. The van der Waals surface area contributed by atoms with Gasteiger partial charge >= 0.3 is 0 Å². The van der Waals surface area contributed by atoms with Crippen LogP contribution in [0.4, 0.5) is 0 Å². The van der Waals surface area contributed by atoms with E-state index in [1.54, 1.807) is 0 Å². The van der Waals surface area contributed by atoms with Gasteiger partial charge in [0.2, 0.25) is 0 Å². The third-order valence-electron chi connectivity index (χ3n) is 7.50. The van der Waals surface area contributed by atoms with E-state index in [-0.39, 0.29) is 6.04 Å². The standard InChI is InChI=1S/C32H21NS/c1-2-10-22-19-29-27(18-21(22)9-1)25-16-17-26-24-13-5-6-15-30(24)34-32(26)31(25)33(29)28-14-7-11-20-8-3-4-12-23(20)28/h1-13,15-19,28H,14H2. The van der Waals surface area contributed by atoms with Gasteiger partial charge in [0.15, 0.2) is 0 Å². The van der Waals surface area contributed by atoms with Gasteiger partial charge in [0, 0.05) is 26.2 Å². The molecule has 0 saturated heterocycles. The van der Waals surface area contributed by atoms with Crippen LogP contribution < -0.4 is 0 Å². The van der Waals surface area contributed by atoms with Crippen LogP contribution in [-0.2, 0) is 0 Å². The fraction of sp³-hybridized carbons (Fsp3) is 0.0625. The first kappa shape index (κ1) is 18.5. The molecule has 2 heterocycles. The number of thiophene rings is 1. The molecule has 2 heteroatoms. The summed E-state index contributed by atoms with van der Waals surface area (Å²) in [4.78, 5) is 0. The highest BCUT2D eigenvalue weighted by atomic mass is 32.1. The molecule has 0 saturated carbocycles. The zero-order valence-corrected chi connectivity index (χ0v) is 19.3. The Hall–Kier alpha value is -3.88. The molecule has 1 unspecified atom stereocenters. The van der Waals surface area contributed by atoms with E-state index in [2.05, 4.69) is 114 Å². The van der Waals surface area contributed by atoms with Crippen LogP contribution in [0.5, 0.6) is 0 Å². The van der Waals surface area contributed by atoms with Crippen molar-refractivity contribution in [3.05, 3.63) is 114 Å². The lowest BCUT2D eigenvalue weighted by atomic mass is 9.92. The van der Waals surface area contributed by atoms with Gasteiger partial charge in [-0.2, -0.15) is 0 Å². The minimum Gasteiger partial charge on any atom is -0.331 e. The van der Waals surface area contributed by atoms with Gasteiger partial charge in [0.25, 0.3) is 0 Å². The number of aromatic nitrogens is 1. The van der Waals surface area contributed by atoms with Crippen LogP contribution in [-0.4, -0.2) is 4.57 Å². The quantitative estimate of drug-likeness (QED) is 0.234. The fourth-order valence-electron chi connectivity index (χ4n) is 5.98. The van der Waals surface area contributed by atoms with Crippen molar-refractivity contribution in [3.63, 3.8) is 0 Å². The Labute approximate surface area is 201 Å². The van der Waals surface area contributed by atoms with Gasteiger partial charge < -0.3 is 4.57 Å². The second kappa shape index (κ2) is 6.82. The van der Waals surface area contributed by atoms with E-state index in [9.17, 15) is 0 Å². The molecule has 0 fully saturated rings. The molecule has 0 N–H and O–H groups in total. The van der Waals surface area contributed by atoms with E-state index in [1.807, 2.05) is 11.3 Å². The summed E-state index contributed by atoms with van der Waals surface area (Å²) in [6.07, 6.45) is 5.63. The maximum atomic E-state index is 2.65. The number of allylic oxidation sites excluding steroid dienone is 1. The van der Waals surface area contributed by atoms with Gasteiger partial charge in [-0.05, 0) is 46.5 Å². The average molecular weight is 452 g/mol. The van der Waals surface area contributed by atoms with Crippen molar-refractivity contribution in [2.45, 2.75) is 12.5 Å². The van der Waals surface area contributed by atoms with Gasteiger partial charge in [-0.1, -0.05) is 91.0 Å². The van der Waals surface area contributed by atoms with Crippen molar-refractivity contribution in [1.29, 1.82) is 0 Å². The summed E-state index contributed by atoms with van der Waals surface area (Å²) in [5.74, 6) is 0. The second-order valence-electron chi connectivity index (χ2n) is 9.31. The Kier molecular flexibility index (Phi) is 3.72. The molecule has 7 aromatic rings. The summed E-state index contributed by atoms with van der Waals surface area (Å²) in [5, 5.41) is 8.02. The van der Waals surface area contributed by atoms with E-state index in [0.29, 0.717) is 0 Å². The molecule has 34 heavy (non-hydrogen) atoms. The third-order valence-corrected chi connectivity index (χ3v) is 8.69. The maximum absolute atomic E-state index is 2.65. The zero-order valence-electron chi connectivity index (χ0n) is 18.5. The lowest BCUT2D eigenvalue weighted by molar-refractivity contribution is 0.626. The van der Waals surface area contributed by atoms with Crippen molar-refractivity contribution < 1.29 is 0 Å². The monoisotopic (exact) mass is 451 g/mol. The Balaban J connectivity index is 1.60. The number of benzene rings is 5. The van der Waals surface area contributed by atoms with Gasteiger partial charge in [0.05, 0.1) is 21.8 Å². The molecule has 0 spiro atoms. The van der Waals surface area contributed by atoms with Gasteiger partial charge in [-0.3, -0.25) is 0 Å². The molecule has 0 amide bonds. The largest absolute Gasteiger partial charge is 0.331 e. The number of rotatable bonds is 1. The first-order valence-electron chi connectivity index (χ1n) is 11.9. The molecule has 0 aliphatic heterocycles. The normalized spacial score (nSPS) is 15.7. The summed E-state index contributed by atoms with van der Waals surface area (Å²) in [7, 11) is 0. The summed E-state index contributed by atoms with van der Waals surface area (Å²) < 4.78 is 5.40. The van der Waals surface area contributed by atoms with Crippen LogP contribution in [0.25, 0.3) is 58.8 Å². The number of hydrogen-bond donors (Lipinski definition) is 0. The van der Waals surface area contributed by atoms with Gasteiger partial charge in [-0.15, -0.1) is 11.3 Å². The minimum absolute atomic E-state index is 0.276. The molecule has 2 aromatic heterocycles. The first-order valence-corrected chi connectivity index (χ1v) is 12.7. The number of hydrogen-bond acceptors (Lipinski definition) is 1. The van der Waals surface area contributed by atoms with E-state index < -0.39 is 0 Å². The van der Waals surface area contributed by atoms with E-state index in [4.69, 9.17) is 0 Å². The van der Waals surface area contributed by atoms with Crippen molar-refractivity contribution >= 4 is 70.2 Å². The van der Waals surface area contributed by atoms with E-state index in [0.717, 1.165) is 6.42 Å². The number of fused-ring (bicyclic) bond motifs is 9. The van der Waals surface area contributed by atoms with Crippen molar-refractivity contribution in [2.75, 3.05) is 0 Å². The molecule has 0 bridgehead atoms. The summed E-state index contributed by atoms with van der Waals surface area (Å²) in [5.41, 5.74) is 5.45. The molecule has 1 nitrogen and oxygen atoms in total. The molecule has 5 aromatic carbocycles. The maximum Gasteiger partial charge on any atom is 0.0678 e. The third kappa shape index (κ3) is 2.44. The van der Waals surface area contributed by atoms with Crippen LogP contribution in [0.2, 0.25) is 0 Å². The molecule has 160 valence electrons. The zero-order chi connectivity index (χ0) is 22.2. The average Bonchev–Trinajstić information content (AvgIpc) is 3.42. The van der Waals surface area contributed by atoms with Gasteiger partial charge in [-0.25, -0.2) is 0 Å². The fourth-order valence-corrected chi connectivity index (χ4v) is 7.23. The highest BCUT2D eigenvalue weighted by Crippen LogP contribution is 2.46. The van der Waals surface area contributed by atoms with Crippen LogP contribution >= 0.6 is 11.3 Å². The lowest BCUT2D eigenvalue weighted by Crippen LogP contribution is -2.13. The van der Waals surface area contributed by atoms with Crippen molar-refractivity contribution in [1.82, 2.24) is 4.57 Å². The van der Waals surface area contributed by atoms with Crippen LogP contribution in [0.15, 0.2) is 103 Å². The molecular weight excluding hydrogens is 430 g/mol. The molecule has 1 aliphatic rings. The Bertz CT molecular complexity index is 1940. The molecule has 8 rings (SSSR count). The predicted molar refractivity (Wildman–Crippen MR) is 148 cm³/mol. The SMILES string of the molecule is C1=Cc2ccccc2C(n2c3cc4ccccc4cc3c3ccc4c5ccccc5sc4c32)C1. The Morgan fingerprint density at radius 3 is 2.38 bits per heavy atom. The molecular formula is C32H21NS. The van der Waals surface area contributed by atoms with E-state index >= 15 is 0 Å². The smallest absolute Gasteiger partial charge is 0.0678 e. The summed E-state index contributed by atoms with van der Waals surface area (Å²) in [6, 6.07) is 36.2. The highest BCUT2D eigenvalue weighted by molar-refractivity contribution is 7.26. The minimum atomic E-state index is 0.276. The van der Waals surface area contributed by atoms with Crippen molar-refractivity contribution in [3.8, 4) is 0 Å². The Morgan fingerprint density at radius 1 is 0.676 bits per heavy atom. The van der Waals surface area contributed by atoms with Gasteiger partial charge in [0.1, 0.15) is 0 Å². The topological polar surface area (TPSA) is 4.93 Å². The van der Waals surface area contributed by atoms with E-state index in [1.165, 1.54) is 63.9 Å². The number of nitrogens with zero attached hydrogens (tertiary/aromatic N) is 1. The molecule has 1 aliphatic carbocycles. The lowest BCUT2D eigenvalue weighted by Gasteiger charge is -2.25. The summed E-state index contributed by atoms with van der Waals surface area (Å²) in [6.45, 7) is 0.